The van der Waals surface area contributed by atoms with E-state index in [0.717, 1.165) is 19.0 Å². The van der Waals surface area contributed by atoms with Crippen molar-refractivity contribution in [3.05, 3.63) is 39.9 Å². The first-order chi connectivity index (χ1) is 11.6. The van der Waals surface area contributed by atoms with Crippen molar-refractivity contribution >= 4 is 16.9 Å². The van der Waals surface area contributed by atoms with Crippen LogP contribution in [0.4, 0.5) is 0 Å². The lowest BCUT2D eigenvalue weighted by atomic mass is 9.96. The molecule has 1 N–H and O–H groups in total. The van der Waals surface area contributed by atoms with E-state index in [1.165, 1.54) is 26.4 Å². The summed E-state index contributed by atoms with van der Waals surface area (Å²) in [5, 5.41) is 0.483. The second-order valence-electron chi connectivity index (χ2n) is 6.39. The number of carbonyl (C=O) groups excluding carboxylic acids is 1. The van der Waals surface area contributed by atoms with Gasteiger partial charge in [-0.2, -0.15) is 0 Å². The minimum Gasteiger partial charge on any atom is -0.465 e. The van der Waals surface area contributed by atoms with E-state index in [-0.39, 0.29) is 5.56 Å². The third kappa shape index (κ3) is 3.48. The van der Waals surface area contributed by atoms with Gasteiger partial charge in [0.05, 0.1) is 30.1 Å². The predicted octanol–water partition coefficient (Wildman–Crippen LogP) is 2.33. The Labute approximate surface area is 140 Å². The van der Waals surface area contributed by atoms with Gasteiger partial charge in [0.25, 0.3) is 5.56 Å². The van der Waals surface area contributed by atoms with Crippen LogP contribution in [0.1, 0.15) is 42.4 Å². The number of ether oxygens (including phenoxy) is 1. The van der Waals surface area contributed by atoms with Crippen LogP contribution in [-0.2, 0) is 11.3 Å². The molecule has 1 aromatic carbocycles. The minimum atomic E-state index is -0.428. The fourth-order valence-electron chi connectivity index (χ4n) is 3.35. The van der Waals surface area contributed by atoms with Crippen molar-refractivity contribution in [1.29, 1.82) is 0 Å². The van der Waals surface area contributed by atoms with Gasteiger partial charge in [0.1, 0.15) is 5.82 Å². The van der Waals surface area contributed by atoms with Crippen LogP contribution in [0.25, 0.3) is 10.9 Å². The SMILES string of the molecule is CCC1CCCN(Cc2nc3cc(C(=O)OC)ccc3c(=O)[nH]2)C1. The first-order valence-corrected chi connectivity index (χ1v) is 8.44. The first kappa shape index (κ1) is 16.6. The van der Waals surface area contributed by atoms with Crippen molar-refractivity contribution in [1.82, 2.24) is 14.9 Å². The monoisotopic (exact) mass is 329 g/mol. The lowest BCUT2D eigenvalue weighted by Crippen LogP contribution is -2.35. The van der Waals surface area contributed by atoms with Crippen LogP contribution in [0.5, 0.6) is 0 Å². The molecule has 1 aliphatic heterocycles. The van der Waals surface area contributed by atoms with Gasteiger partial charge in [-0.1, -0.05) is 13.3 Å². The van der Waals surface area contributed by atoms with Gasteiger partial charge in [-0.05, 0) is 43.5 Å². The Bertz CT molecular complexity index is 800. The predicted molar refractivity (Wildman–Crippen MR) is 92.0 cm³/mol. The summed E-state index contributed by atoms with van der Waals surface area (Å²) < 4.78 is 4.73. The van der Waals surface area contributed by atoms with Crippen molar-refractivity contribution in [3.8, 4) is 0 Å². The average molecular weight is 329 g/mol. The molecule has 0 bridgehead atoms. The first-order valence-electron chi connectivity index (χ1n) is 8.44. The highest BCUT2D eigenvalue weighted by Crippen LogP contribution is 2.20. The highest BCUT2D eigenvalue weighted by molar-refractivity contribution is 5.93. The average Bonchev–Trinajstić information content (AvgIpc) is 2.60. The van der Waals surface area contributed by atoms with Crippen LogP contribution in [-0.4, -0.2) is 41.0 Å². The van der Waals surface area contributed by atoms with Gasteiger partial charge >= 0.3 is 5.97 Å². The zero-order valence-corrected chi connectivity index (χ0v) is 14.2. The Hall–Kier alpha value is -2.21. The minimum absolute atomic E-state index is 0.171. The highest BCUT2D eigenvalue weighted by Gasteiger charge is 2.19. The second kappa shape index (κ2) is 7.13. The molecular weight excluding hydrogens is 306 g/mol. The maximum Gasteiger partial charge on any atom is 0.337 e. The van der Waals surface area contributed by atoms with E-state index in [1.54, 1.807) is 18.2 Å². The van der Waals surface area contributed by atoms with Crippen molar-refractivity contribution in [2.45, 2.75) is 32.7 Å². The number of piperidine rings is 1. The molecule has 128 valence electrons. The van der Waals surface area contributed by atoms with Crippen LogP contribution in [0.3, 0.4) is 0 Å². The van der Waals surface area contributed by atoms with E-state index in [1.807, 2.05) is 0 Å². The number of hydrogen-bond donors (Lipinski definition) is 1. The van der Waals surface area contributed by atoms with Gasteiger partial charge in [0, 0.05) is 6.54 Å². The molecule has 2 heterocycles. The van der Waals surface area contributed by atoms with Crippen molar-refractivity contribution in [2.24, 2.45) is 5.92 Å². The summed E-state index contributed by atoms with van der Waals surface area (Å²) in [6, 6.07) is 4.82. The number of benzene rings is 1. The molecule has 0 radical (unpaired) electrons. The lowest BCUT2D eigenvalue weighted by molar-refractivity contribution is 0.0601. The molecule has 3 rings (SSSR count). The topological polar surface area (TPSA) is 75.3 Å². The molecule has 0 saturated carbocycles. The molecule has 0 aliphatic carbocycles. The van der Waals surface area contributed by atoms with E-state index in [9.17, 15) is 9.59 Å². The summed E-state index contributed by atoms with van der Waals surface area (Å²) in [6.07, 6.45) is 3.64. The Morgan fingerprint density at radius 3 is 3.04 bits per heavy atom. The zero-order valence-electron chi connectivity index (χ0n) is 14.2. The van der Waals surface area contributed by atoms with Crippen molar-refractivity contribution in [3.63, 3.8) is 0 Å². The Morgan fingerprint density at radius 1 is 1.46 bits per heavy atom. The molecule has 1 aliphatic rings. The molecule has 6 nitrogen and oxygen atoms in total. The Kier molecular flexibility index (Phi) is 4.94. The number of carbonyl (C=O) groups is 1. The van der Waals surface area contributed by atoms with Gasteiger partial charge < -0.3 is 9.72 Å². The molecule has 0 spiro atoms. The van der Waals surface area contributed by atoms with Crippen molar-refractivity contribution < 1.29 is 9.53 Å². The number of esters is 1. The molecule has 1 unspecified atom stereocenters. The van der Waals surface area contributed by atoms with Crippen LogP contribution in [0.15, 0.2) is 23.0 Å². The standard InChI is InChI=1S/C18H23N3O3/c1-3-12-5-4-8-21(10-12)11-16-19-15-9-13(18(23)24-2)6-7-14(15)17(22)20-16/h6-7,9,12H,3-5,8,10-11H2,1-2H3,(H,19,20,22). The van der Waals surface area contributed by atoms with Crippen LogP contribution >= 0.6 is 0 Å². The second-order valence-corrected chi connectivity index (χ2v) is 6.39. The maximum absolute atomic E-state index is 12.3. The Morgan fingerprint density at radius 2 is 2.29 bits per heavy atom. The number of fused-ring (bicyclic) bond motifs is 1. The number of methoxy groups -OCH3 is 1. The van der Waals surface area contributed by atoms with Gasteiger partial charge in [0.2, 0.25) is 0 Å². The molecule has 1 fully saturated rings. The summed E-state index contributed by atoms with van der Waals surface area (Å²) in [6.45, 7) is 4.92. The third-order valence-corrected chi connectivity index (χ3v) is 4.73. The normalized spacial score (nSPS) is 18.7. The smallest absolute Gasteiger partial charge is 0.337 e. The highest BCUT2D eigenvalue weighted by atomic mass is 16.5. The fourth-order valence-corrected chi connectivity index (χ4v) is 3.35. The molecule has 1 saturated heterocycles. The number of aromatic nitrogens is 2. The number of nitrogens with one attached hydrogen (secondary N) is 1. The molecule has 2 aromatic rings. The van der Waals surface area contributed by atoms with E-state index >= 15 is 0 Å². The molecular formula is C18H23N3O3. The van der Waals surface area contributed by atoms with Crippen LogP contribution in [0, 0.1) is 5.92 Å². The van der Waals surface area contributed by atoms with Gasteiger partial charge in [-0.15, -0.1) is 0 Å². The summed E-state index contributed by atoms with van der Waals surface area (Å²) in [4.78, 5) is 33.7. The molecule has 24 heavy (non-hydrogen) atoms. The quantitative estimate of drug-likeness (QED) is 0.871. The van der Waals surface area contributed by atoms with E-state index < -0.39 is 5.97 Å². The van der Waals surface area contributed by atoms with E-state index in [0.29, 0.717) is 28.8 Å². The fraction of sp³-hybridized carbons (Fsp3) is 0.500. The number of hydrogen-bond acceptors (Lipinski definition) is 5. The molecule has 1 atom stereocenters. The number of nitrogens with zero attached hydrogens (tertiary/aromatic N) is 2. The summed E-state index contributed by atoms with van der Waals surface area (Å²) in [5.41, 5.74) is 0.759. The van der Waals surface area contributed by atoms with Gasteiger partial charge in [0.15, 0.2) is 0 Å². The molecule has 0 amide bonds. The van der Waals surface area contributed by atoms with Crippen LogP contribution < -0.4 is 5.56 Å². The summed E-state index contributed by atoms with van der Waals surface area (Å²) in [7, 11) is 1.34. The number of likely N-dealkylation sites (tertiary alicyclic amines) is 1. The number of H-pyrrole nitrogens is 1. The Balaban J connectivity index is 1.88. The lowest BCUT2D eigenvalue weighted by Gasteiger charge is -2.31. The number of rotatable bonds is 4. The van der Waals surface area contributed by atoms with E-state index in [4.69, 9.17) is 4.74 Å². The van der Waals surface area contributed by atoms with Crippen LogP contribution in [0.2, 0.25) is 0 Å². The molecule has 1 aromatic heterocycles. The summed E-state index contributed by atoms with van der Waals surface area (Å²) in [5.74, 6) is 0.936. The van der Waals surface area contributed by atoms with E-state index in [2.05, 4.69) is 21.8 Å². The maximum atomic E-state index is 12.3. The zero-order chi connectivity index (χ0) is 17.1. The third-order valence-electron chi connectivity index (χ3n) is 4.73. The molecule has 6 heteroatoms. The number of aromatic amines is 1. The van der Waals surface area contributed by atoms with Gasteiger partial charge in [-0.25, -0.2) is 9.78 Å². The van der Waals surface area contributed by atoms with Gasteiger partial charge in [-0.3, -0.25) is 9.69 Å². The largest absolute Gasteiger partial charge is 0.465 e. The van der Waals surface area contributed by atoms with Crippen molar-refractivity contribution in [2.75, 3.05) is 20.2 Å². The summed E-state index contributed by atoms with van der Waals surface area (Å²) >= 11 is 0.